The quantitative estimate of drug-likeness (QED) is 0.147. The van der Waals surface area contributed by atoms with Gasteiger partial charge in [-0.15, -0.1) is 0 Å². The van der Waals surface area contributed by atoms with Gasteiger partial charge in [0.1, 0.15) is 0 Å². The Hall–Kier alpha value is 7.00. The van der Waals surface area contributed by atoms with E-state index in [1.54, 1.807) is 34.6 Å². The van der Waals surface area contributed by atoms with E-state index in [-0.39, 0.29) is 276 Å². The molecule has 0 aromatic carbocycles. The number of nitrogens with one attached hydrogen (secondary N) is 3. The average Bonchev–Trinajstić information content (AvgIpc) is 3.01. The van der Waals surface area contributed by atoms with E-state index in [0.29, 0.717) is 32.1 Å². The van der Waals surface area contributed by atoms with Crippen LogP contribution in [0.3, 0.4) is 0 Å². The van der Waals surface area contributed by atoms with Crippen molar-refractivity contribution in [1.29, 1.82) is 0 Å². The number of rotatable bonds is 5. The van der Waals surface area contributed by atoms with E-state index in [2.05, 4.69) is 127 Å². The largest absolute Gasteiger partial charge is 2.00 e. The van der Waals surface area contributed by atoms with Crippen LogP contribution in [0.2, 0.25) is 0 Å². The van der Waals surface area contributed by atoms with Crippen LogP contribution in [0.15, 0.2) is 46.5 Å². The third-order valence-electron chi connectivity index (χ3n) is 1.52. The number of nitrogens with two attached hydrogens (primary N) is 3. The predicted molar refractivity (Wildman–Crippen MR) is 278 cm³/mol. The summed E-state index contributed by atoms with van der Waals surface area (Å²) in [6.45, 7) is 45.9. The molecule has 0 fully saturated rings. The van der Waals surface area contributed by atoms with Gasteiger partial charge in [-0.3, -0.25) is 56.1 Å². The molecule has 0 saturated carbocycles. The summed E-state index contributed by atoms with van der Waals surface area (Å²) in [6.07, 6.45) is 1.86. The van der Waals surface area contributed by atoms with E-state index in [1.165, 1.54) is 46.5 Å². The fraction of sp³-hybridized carbons (Fsp3) is 0.303. The summed E-state index contributed by atoms with van der Waals surface area (Å²) in [7, 11) is 17.9. The van der Waals surface area contributed by atoms with E-state index >= 15 is 0 Å². The fourth-order valence-corrected chi connectivity index (χ4v) is 0. The van der Waals surface area contributed by atoms with Gasteiger partial charge in [-0.2, -0.15) is 73.9 Å². The molecule has 0 rings (SSSR count). The van der Waals surface area contributed by atoms with E-state index in [0.717, 1.165) is 0 Å². The molecule has 0 spiro atoms. The molecular weight excluding hydrogens is 2020 g/mol. The van der Waals surface area contributed by atoms with Gasteiger partial charge in [0, 0.05) is 115 Å². The van der Waals surface area contributed by atoms with Crippen LogP contribution in [-0.4, -0.2) is 28.2 Å². The molecule has 0 aromatic rings. The van der Waals surface area contributed by atoms with Crippen LogP contribution in [-0.2, 0) is 257 Å². The van der Waals surface area contributed by atoms with E-state index < -0.39 is 17.7 Å². The minimum Gasteiger partial charge on any atom is -0.693 e. The van der Waals surface area contributed by atoms with Gasteiger partial charge in [-0.05, 0) is 42.5 Å². The number of carbonyl (C=O) groups excluding carboxylic acids is 5. The Bertz CT molecular complexity index is 652. The molecule has 66 heavy (non-hydrogen) atoms. The monoisotopic (exact) mass is 2090 g/mol. The van der Waals surface area contributed by atoms with Gasteiger partial charge in [0.05, 0.1) is 0 Å². The summed E-state index contributed by atoms with van der Waals surface area (Å²) in [6, 6.07) is 0. The Morgan fingerprint density at radius 3 is 0.379 bits per heavy atom. The van der Waals surface area contributed by atoms with Crippen molar-refractivity contribution >= 4 is 125 Å². The third kappa shape index (κ3) is 1200. The minimum absolute atomic E-state index is 0. The first-order valence-electron chi connectivity index (χ1n) is 12.8. The molecule has 9 N–H and O–H groups in total. The van der Waals surface area contributed by atoms with E-state index in [4.69, 9.17) is 40.4 Å². The Kier molecular flexibility index (Phi) is 919. The van der Waals surface area contributed by atoms with Crippen LogP contribution in [0.25, 0.3) is 35.7 Å². The van der Waals surface area contributed by atoms with Gasteiger partial charge < -0.3 is 118 Å². The molecular formula is C33H72Cl2N6O5P8V8W4. The molecule has 3 amide bonds. The first-order valence-corrected chi connectivity index (χ1v) is 18.9. The topological polar surface area (TPSA) is 257 Å². The van der Waals surface area contributed by atoms with Gasteiger partial charge >= 0.3 is 148 Å². The molecule has 0 heterocycles. The zero-order valence-electron chi connectivity index (χ0n) is 38.1. The van der Waals surface area contributed by atoms with Crippen LogP contribution in [0, 0.1) is 67.5 Å². The predicted octanol–water partition coefficient (Wildman–Crippen LogP) is 14.7. The van der Waals surface area contributed by atoms with Gasteiger partial charge in [-0.25, -0.2) is 0 Å². The average molecular weight is 2090 g/mol. The number of halogens is 2. The van der Waals surface area contributed by atoms with Crippen molar-refractivity contribution < 1.29 is 257 Å². The zero-order valence-corrected chi connectivity index (χ0v) is 71.8. The minimum atomic E-state index is -0.495. The SMILES string of the molecule is CCC(=O)Cl.CCC(=O)Cl.CCC([NH-])=O.CCC([NH-])=O.CCC([NH-])=O.[CH-]=CP.[CH-]=CP.[CH-]=CP.[CH-]=CP.[CH-]=CP.[CH-]=CP.[CH-]=CP.[CH-]=CP.[CH3-].[CH3-].[NH2-].[NH2-].[NH2-].[V+2].[V+2].[V+2].[V+2].[V+2].[V+2].[V+2].[V+2].[W].[W].[W].[W]. The van der Waals surface area contributed by atoms with E-state index in [1.807, 2.05) is 0 Å². The second-order valence-corrected chi connectivity index (χ2v) is 9.21. The van der Waals surface area contributed by atoms with Gasteiger partial charge in [0.15, 0.2) is 0 Å². The molecule has 0 saturated heterocycles. The van der Waals surface area contributed by atoms with Crippen LogP contribution in [0.4, 0.5) is 0 Å². The molecule has 8 unspecified atom stereocenters. The second kappa shape index (κ2) is 296. The Balaban J connectivity index is -0.00000000748. The van der Waals surface area contributed by atoms with Crippen LogP contribution in [0.5, 0.6) is 0 Å². The second-order valence-electron chi connectivity index (χ2n) is 5.29. The molecule has 382 valence electrons. The Labute approximate surface area is 589 Å². The maximum absolute atomic E-state index is 9.58. The van der Waals surface area contributed by atoms with Crippen molar-refractivity contribution in [2.75, 3.05) is 0 Å². The first-order chi connectivity index (χ1) is 22.7. The molecule has 0 aliphatic heterocycles. The van der Waals surface area contributed by atoms with Crippen molar-refractivity contribution in [3.63, 3.8) is 0 Å². The summed E-state index contributed by atoms with van der Waals surface area (Å²) in [4.78, 5) is 47.6. The number of hydrogen-bond donors (Lipinski definition) is 0. The smallest absolute Gasteiger partial charge is 0.693 e. The van der Waals surface area contributed by atoms with Crippen molar-refractivity contribution in [3.8, 4) is 0 Å². The molecule has 8 radical (unpaired) electrons. The van der Waals surface area contributed by atoms with Gasteiger partial charge in [-0.1, -0.05) is 34.6 Å². The maximum atomic E-state index is 9.58. The first kappa shape index (κ1) is 205. The fourth-order valence-electron chi connectivity index (χ4n) is 0. The molecule has 33 heteroatoms. The number of hydrogen-bond acceptors (Lipinski definition) is 5. The summed E-state index contributed by atoms with van der Waals surface area (Å²) < 4.78 is 0. The maximum Gasteiger partial charge on any atom is 2.00 e. The number of amides is 3. The summed E-state index contributed by atoms with van der Waals surface area (Å²) >= 11 is 9.65. The Morgan fingerprint density at radius 2 is 0.379 bits per heavy atom. The number of carbonyl (C=O) groups is 5. The summed E-state index contributed by atoms with van der Waals surface area (Å²) in [5.74, 6) is 9.85. The van der Waals surface area contributed by atoms with Crippen molar-refractivity contribution in [2.45, 2.75) is 66.7 Å². The molecule has 8 atom stereocenters. The summed E-state index contributed by atoms with van der Waals surface area (Å²) in [5, 5.41) is -0.546. The van der Waals surface area contributed by atoms with Crippen LogP contribution >= 0.6 is 97.1 Å². The standard InChI is InChI=1S/2C3H5ClO.3C3H7NO.8C2H4P.2CH3.3H2N.8V.4W/c5*1-2-3(4)5;8*1-2-3;;;;;;;;;;;;;;;;;/h2*2H2,1H3;3*2H2,1H3,(H2,4,5);8*1-2H,3H2;2*1H3;3*1H2;;;;;;;;;;;;/q;;;;;13*-1;8*+2;;;;/p-3. The molecule has 0 bridgehead atoms. The van der Waals surface area contributed by atoms with Crippen molar-refractivity contribution in [1.82, 2.24) is 0 Å². The van der Waals surface area contributed by atoms with Crippen molar-refractivity contribution in [3.05, 3.63) is 150 Å². The van der Waals surface area contributed by atoms with Crippen LogP contribution < -0.4 is 0 Å². The third-order valence-corrected chi connectivity index (χ3v) is 2.05. The molecule has 11 nitrogen and oxygen atoms in total. The van der Waals surface area contributed by atoms with E-state index in [9.17, 15) is 24.0 Å². The van der Waals surface area contributed by atoms with Gasteiger partial charge in [0.2, 0.25) is 10.5 Å². The van der Waals surface area contributed by atoms with Crippen molar-refractivity contribution in [2.24, 2.45) is 0 Å². The normalized spacial score (nSPS) is 4.41. The van der Waals surface area contributed by atoms with Gasteiger partial charge in [0.25, 0.3) is 0 Å². The van der Waals surface area contributed by atoms with Crippen LogP contribution in [0.1, 0.15) is 66.7 Å². The summed E-state index contributed by atoms with van der Waals surface area (Å²) in [5.41, 5.74) is 18.6. The zero-order chi connectivity index (χ0) is 43.1. The molecule has 0 aromatic heterocycles. The molecule has 0 aliphatic carbocycles. The molecule has 0 aliphatic rings. The Morgan fingerprint density at radius 1 is 0.348 bits per heavy atom.